The van der Waals surface area contributed by atoms with Gasteiger partial charge in [-0.25, -0.2) is 22.8 Å². The van der Waals surface area contributed by atoms with Crippen molar-refractivity contribution in [2.45, 2.75) is 12.1 Å². The first kappa shape index (κ1) is 22.7. The van der Waals surface area contributed by atoms with E-state index in [1.165, 1.54) is 35.4 Å². The lowest BCUT2D eigenvalue weighted by atomic mass is 9.92. The summed E-state index contributed by atoms with van der Waals surface area (Å²) in [4.78, 5) is 19.0. The average molecular weight is 472 g/mol. The maximum absolute atomic E-state index is 14.6. The van der Waals surface area contributed by atoms with Crippen molar-refractivity contribution in [3.8, 4) is 10.4 Å². The Bertz CT molecular complexity index is 1280. The molecule has 33 heavy (non-hydrogen) atoms. The first-order valence-electron chi connectivity index (χ1n) is 9.87. The normalized spacial score (nSPS) is 13.0. The third kappa shape index (κ3) is 4.81. The molecule has 1 unspecified atom stereocenters. The van der Waals surface area contributed by atoms with E-state index in [9.17, 15) is 23.1 Å². The van der Waals surface area contributed by atoms with Crippen LogP contribution in [0.4, 0.5) is 13.2 Å². The number of thiophene rings is 1. The van der Waals surface area contributed by atoms with Gasteiger partial charge in [0, 0.05) is 29.1 Å². The molecule has 1 N–H and O–H groups in total. The van der Waals surface area contributed by atoms with Gasteiger partial charge in [-0.3, -0.25) is 4.79 Å². The monoisotopic (exact) mass is 472 g/mol. The van der Waals surface area contributed by atoms with Crippen molar-refractivity contribution < 1.29 is 23.1 Å². The number of likely N-dealkylation sites (N-methyl/N-ethyl adjacent to an activating group) is 1. The first-order valence-corrected chi connectivity index (χ1v) is 10.7. The summed E-state index contributed by atoms with van der Waals surface area (Å²) < 4.78 is 43.5. The quantitative estimate of drug-likeness (QED) is 0.440. The fourth-order valence-electron chi connectivity index (χ4n) is 3.58. The van der Waals surface area contributed by atoms with Crippen LogP contribution in [-0.2, 0) is 12.1 Å². The Morgan fingerprint density at radius 3 is 2.61 bits per heavy atom. The van der Waals surface area contributed by atoms with Gasteiger partial charge in [-0.1, -0.05) is 24.3 Å². The Kier molecular flexibility index (Phi) is 6.30. The highest BCUT2D eigenvalue weighted by Crippen LogP contribution is 2.32. The molecule has 10 heteroatoms. The number of benzene rings is 2. The molecule has 0 aliphatic rings. The number of hydrogen-bond acceptors (Lipinski definition) is 5. The van der Waals surface area contributed by atoms with Crippen LogP contribution in [0.2, 0.25) is 0 Å². The molecule has 4 rings (SSSR count). The van der Waals surface area contributed by atoms with Crippen molar-refractivity contribution in [2.75, 3.05) is 13.6 Å². The molecule has 1 atom stereocenters. The van der Waals surface area contributed by atoms with Crippen LogP contribution in [0.3, 0.4) is 0 Å². The van der Waals surface area contributed by atoms with Gasteiger partial charge in [0.2, 0.25) is 0 Å². The Morgan fingerprint density at radius 2 is 1.91 bits per heavy atom. The minimum Gasteiger partial charge on any atom is -0.381 e. The Morgan fingerprint density at radius 1 is 1.12 bits per heavy atom. The van der Waals surface area contributed by atoms with Crippen LogP contribution in [0.1, 0.15) is 15.2 Å². The van der Waals surface area contributed by atoms with Gasteiger partial charge < -0.3 is 10.0 Å². The molecule has 4 aromatic rings. The van der Waals surface area contributed by atoms with Crippen molar-refractivity contribution in [3.05, 3.63) is 95.1 Å². The number of aromatic nitrogens is 3. The summed E-state index contributed by atoms with van der Waals surface area (Å²) in [6.45, 7) is -0.542. The van der Waals surface area contributed by atoms with E-state index in [2.05, 4.69) is 10.1 Å². The van der Waals surface area contributed by atoms with Crippen LogP contribution in [0.15, 0.2) is 67.3 Å². The van der Waals surface area contributed by atoms with Crippen LogP contribution in [-0.4, -0.2) is 44.3 Å². The van der Waals surface area contributed by atoms with E-state index in [-0.39, 0.29) is 18.7 Å². The number of rotatable bonds is 7. The molecule has 2 aromatic carbocycles. The highest BCUT2D eigenvalue weighted by molar-refractivity contribution is 7.17. The zero-order chi connectivity index (χ0) is 23.6. The van der Waals surface area contributed by atoms with E-state index in [1.807, 2.05) is 0 Å². The van der Waals surface area contributed by atoms with Gasteiger partial charge in [0.05, 0.1) is 18.0 Å². The minimum atomic E-state index is -1.93. The Hall–Kier alpha value is -3.50. The molecular weight excluding hydrogens is 453 g/mol. The number of hydrogen-bond donors (Lipinski definition) is 1. The molecule has 0 radical (unpaired) electrons. The summed E-state index contributed by atoms with van der Waals surface area (Å²) in [5, 5.41) is 15.4. The first-order chi connectivity index (χ1) is 15.8. The molecule has 1 amide bonds. The smallest absolute Gasteiger partial charge is 0.263 e. The third-order valence-corrected chi connectivity index (χ3v) is 6.23. The highest BCUT2D eigenvalue weighted by atomic mass is 32.1. The third-order valence-electron chi connectivity index (χ3n) is 5.12. The Balaban J connectivity index is 1.61. The number of carbonyl (C=O) groups excluding carboxylic acids is 1. The maximum Gasteiger partial charge on any atom is 0.263 e. The van der Waals surface area contributed by atoms with Crippen LogP contribution >= 0.6 is 11.3 Å². The second-order valence-electron chi connectivity index (χ2n) is 7.55. The Labute approximate surface area is 191 Å². The summed E-state index contributed by atoms with van der Waals surface area (Å²) in [5.74, 6) is -2.58. The van der Waals surface area contributed by atoms with Crippen molar-refractivity contribution in [1.82, 2.24) is 19.7 Å². The van der Waals surface area contributed by atoms with Crippen LogP contribution < -0.4 is 0 Å². The zero-order valence-corrected chi connectivity index (χ0v) is 18.3. The van der Waals surface area contributed by atoms with Gasteiger partial charge in [-0.2, -0.15) is 5.10 Å². The molecule has 2 heterocycles. The van der Waals surface area contributed by atoms with E-state index in [0.29, 0.717) is 21.4 Å². The van der Waals surface area contributed by atoms with E-state index < -0.39 is 29.0 Å². The molecule has 0 saturated carbocycles. The molecule has 0 spiro atoms. The standard InChI is InChI=1S/C23H19F3N4O2S/c1-29(22(31)21-9-8-20(33-21)16-4-2-3-5-18(16)25)11-23(32,12-30-14-27-13-28-30)17-7-6-15(24)10-19(17)26/h2-10,13-14,32H,11-12H2,1H3. The van der Waals surface area contributed by atoms with Gasteiger partial charge in [-0.15, -0.1) is 11.3 Å². The molecule has 6 nitrogen and oxygen atoms in total. The summed E-state index contributed by atoms with van der Waals surface area (Å²) in [6, 6.07) is 12.3. The second kappa shape index (κ2) is 9.16. The fraction of sp³-hybridized carbons (Fsp3) is 0.174. The van der Waals surface area contributed by atoms with Crippen LogP contribution in [0.25, 0.3) is 10.4 Å². The number of halogens is 3. The predicted octanol–water partition coefficient (Wildman–Crippen LogP) is 4.08. The lowest BCUT2D eigenvalue weighted by Gasteiger charge is -2.33. The SMILES string of the molecule is CN(CC(O)(Cn1cncn1)c1ccc(F)cc1F)C(=O)c1ccc(-c2ccccc2F)s1. The summed E-state index contributed by atoms with van der Waals surface area (Å²) in [7, 11) is 1.46. The van der Waals surface area contributed by atoms with Crippen molar-refractivity contribution >= 4 is 17.2 Å². The van der Waals surface area contributed by atoms with Crippen molar-refractivity contribution in [1.29, 1.82) is 0 Å². The zero-order valence-electron chi connectivity index (χ0n) is 17.5. The fourth-order valence-corrected chi connectivity index (χ4v) is 4.61. The molecule has 170 valence electrons. The van der Waals surface area contributed by atoms with Gasteiger partial charge >= 0.3 is 0 Å². The van der Waals surface area contributed by atoms with E-state index in [1.54, 1.807) is 30.3 Å². The largest absolute Gasteiger partial charge is 0.381 e. The molecule has 0 aliphatic heterocycles. The van der Waals surface area contributed by atoms with E-state index >= 15 is 0 Å². The lowest BCUT2D eigenvalue weighted by molar-refractivity contribution is -0.0127. The second-order valence-corrected chi connectivity index (χ2v) is 8.64. The van der Waals surface area contributed by atoms with Gasteiger partial charge in [0.1, 0.15) is 35.7 Å². The molecule has 0 bridgehead atoms. The lowest BCUT2D eigenvalue weighted by Crippen LogP contribution is -2.45. The number of amides is 1. The van der Waals surface area contributed by atoms with Gasteiger partial charge in [-0.05, 0) is 24.3 Å². The van der Waals surface area contributed by atoms with Gasteiger partial charge in [0.15, 0.2) is 0 Å². The summed E-state index contributed by atoms with van der Waals surface area (Å²) in [5.41, 5.74) is -1.74. The summed E-state index contributed by atoms with van der Waals surface area (Å²) >= 11 is 1.10. The number of carbonyl (C=O) groups is 1. The predicted molar refractivity (Wildman–Crippen MR) is 117 cm³/mol. The molecule has 2 aromatic heterocycles. The number of aliphatic hydroxyl groups is 1. The highest BCUT2D eigenvalue weighted by Gasteiger charge is 2.36. The maximum atomic E-state index is 14.6. The van der Waals surface area contributed by atoms with Crippen molar-refractivity contribution in [2.24, 2.45) is 0 Å². The van der Waals surface area contributed by atoms with Gasteiger partial charge in [0.25, 0.3) is 5.91 Å². The topological polar surface area (TPSA) is 71.2 Å². The average Bonchev–Trinajstić information content (AvgIpc) is 3.45. The molecule has 0 fully saturated rings. The van der Waals surface area contributed by atoms with E-state index in [4.69, 9.17) is 0 Å². The number of nitrogens with zero attached hydrogens (tertiary/aromatic N) is 4. The summed E-state index contributed by atoms with van der Waals surface area (Å²) in [6.07, 6.45) is 2.60. The minimum absolute atomic E-state index is 0.183. The van der Waals surface area contributed by atoms with Crippen LogP contribution in [0.5, 0.6) is 0 Å². The molecule has 0 aliphatic carbocycles. The molecule has 0 saturated heterocycles. The van der Waals surface area contributed by atoms with Crippen molar-refractivity contribution in [3.63, 3.8) is 0 Å². The van der Waals surface area contributed by atoms with Crippen LogP contribution in [0, 0.1) is 17.5 Å². The van der Waals surface area contributed by atoms with E-state index in [0.717, 1.165) is 23.5 Å². The molecular formula is C23H19F3N4O2S.